The highest BCUT2D eigenvalue weighted by Crippen LogP contribution is 2.17. The smallest absolute Gasteiger partial charge is 0.194 e. The monoisotopic (exact) mass is 354 g/mol. The molecule has 6 nitrogen and oxygen atoms in total. The van der Waals surface area contributed by atoms with Crippen LogP contribution in [0.4, 0.5) is 0 Å². The molecule has 0 aromatic rings. The molecule has 0 spiro atoms. The summed E-state index contributed by atoms with van der Waals surface area (Å²) in [5.41, 5.74) is 0. The molecule has 0 saturated carbocycles. The number of nitrogens with zero attached hydrogens (tertiary/aromatic N) is 3. The summed E-state index contributed by atoms with van der Waals surface area (Å²) in [5.74, 6) is 1.80. The van der Waals surface area contributed by atoms with Crippen LogP contribution in [-0.2, 0) is 9.47 Å². The van der Waals surface area contributed by atoms with Crippen molar-refractivity contribution in [1.82, 2.24) is 15.1 Å². The summed E-state index contributed by atoms with van der Waals surface area (Å²) in [4.78, 5) is 9.70. The molecule has 0 aromatic carbocycles. The van der Waals surface area contributed by atoms with Gasteiger partial charge in [-0.05, 0) is 45.2 Å². The van der Waals surface area contributed by atoms with Crippen molar-refractivity contribution in [2.45, 2.75) is 46.1 Å². The van der Waals surface area contributed by atoms with Crippen molar-refractivity contribution in [2.75, 3.05) is 65.6 Å². The van der Waals surface area contributed by atoms with Crippen LogP contribution in [0.25, 0.3) is 0 Å². The number of rotatable bonds is 10. The van der Waals surface area contributed by atoms with E-state index < -0.39 is 0 Å². The molecule has 6 heteroatoms. The number of guanidine groups is 1. The van der Waals surface area contributed by atoms with E-state index in [9.17, 15) is 0 Å². The van der Waals surface area contributed by atoms with E-state index in [4.69, 9.17) is 14.5 Å². The number of hydrogen-bond acceptors (Lipinski definition) is 4. The summed E-state index contributed by atoms with van der Waals surface area (Å²) in [5, 5.41) is 3.44. The Morgan fingerprint density at radius 1 is 1.28 bits per heavy atom. The molecule has 2 aliphatic heterocycles. The predicted molar refractivity (Wildman–Crippen MR) is 103 cm³/mol. The van der Waals surface area contributed by atoms with Gasteiger partial charge >= 0.3 is 0 Å². The van der Waals surface area contributed by atoms with Crippen LogP contribution in [0.3, 0.4) is 0 Å². The first-order chi connectivity index (χ1) is 12.3. The molecule has 0 radical (unpaired) electrons. The standard InChI is InChI=1S/C19H38N4O2/c1-4-20-19(21-10-13-24-16-18-8-7-12-25-18)23-11-9-17(15-23)14-22(5-2)6-3/h17-18H,4-16H2,1-3H3,(H,20,21). The Hall–Kier alpha value is -0.850. The third-order valence-corrected chi connectivity index (χ3v) is 5.16. The summed E-state index contributed by atoms with van der Waals surface area (Å²) in [6, 6.07) is 0. The molecule has 0 aliphatic carbocycles. The molecular formula is C19H38N4O2. The van der Waals surface area contributed by atoms with E-state index in [-0.39, 0.29) is 0 Å². The average Bonchev–Trinajstić information content (AvgIpc) is 3.30. The molecule has 2 heterocycles. The quantitative estimate of drug-likeness (QED) is 0.368. The van der Waals surface area contributed by atoms with Gasteiger partial charge in [0, 0.05) is 32.8 Å². The SMILES string of the molecule is CCNC(=NCCOCC1CCCO1)N1CCC(CN(CC)CC)C1. The highest BCUT2D eigenvalue weighted by Gasteiger charge is 2.25. The van der Waals surface area contributed by atoms with E-state index in [1.165, 1.54) is 19.4 Å². The summed E-state index contributed by atoms with van der Waals surface area (Å²) in [6.45, 7) is 16.2. The lowest BCUT2D eigenvalue weighted by atomic mass is 10.1. The zero-order valence-corrected chi connectivity index (χ0v) is 16.5. The maximum atomic E-state index is 5.73. The van der Waals surface area contributed by atoms with Gasteiger partial charge < -0.3 is 24.6 Å². The lowest BCUT2D eigenvalue weighted by Crippen LogP contribution is -2.41. The fourth-order valence-electron chi connectivity index (χ4n) is 3.65. The van der Waals surface area contributed by atoms with Crippen LogP contribution in [0.15, 0.2) is 4.99 Å². The van der Waals surface area contributed by atoms with Gasteiger partial charge in [0.25, 0.3) is 0 Å². The fraction of sp³-hybridized carbons (Fsp3) is 0.947. The van der Waals surface area contributed by atoms with E-state index in [2.05, 4.69) is 35.9 Å². The molecule has 146 valence electrons. The van der Waals surface area contributed by atoms with Gasteiger partial charge in [-0.2, -0.15) is 0 Å². The van der Waals surface area contributed by atoms with Gasteiger partial charge in [0.05, 0.1) is 25.9 Å². The molecule has 2 unspecified atom stereocenters. The Morgan fingerprint density at radius 2 is 2.12 bits per heavy atom. The van der Waals surface area contributed by atoms with Gasteiger partial charge in [0.15, 0.2) is 5.96 Å². The number of nitrogens with one attached hydrogen (secondary N) is 1. The number of ether oxygens (including phenoxy) is 2. The molecule has 2 atom stereocenters. The topological polar surface area (TPSA) is 49.3 Å². The van der Waals surface area contributed by atoms with Crippen molar-refractivity contribution in [3.8, 4) is 0 Å². The summed E-state index contributed by atoms with van der Waals surface area (Å²) >= 11 is 0. The zero-order chi connectivity index (χ0) is 17.9. The normalized spacial score (nSPS) is 24.5. The van der Waals surface area contributed by atoms with Crippen LogP contribution in [-0.4, -0.2) is 87.5 Å². The van der Waals surface area contributed by atoms with Gasteiger partial charge in [0.2, 0.25) is 0 Å². The van der Waals surface area contributed by atoms with Gasteiger partial charge in [-0.3, -0.25) is 4.99 Å². The lowest BCUT2D eigenvalue weighted by molar-refractivity contribution is 0.0199. The van der Waals surface area contributed by atoms with Crippen molar-refractivity contribution in [2.24, 2.45) is 10.9 Å². The van der Waals surface area contributed by atoms with Crippen molar-refractivity contribution >= 4 is 5.96 Å². The maximum absolute atomic E-state index is 5.73. The Balaban J connectivity index is 1.71. The molecule has 2 rings (SSSR count). The van der Waals surface area contributed by atoms with Crippen LogP contribution in [0, 0.1) is 5.92 Å². The number of hydrogen-bond donors (Lipinski definition) is 1. The molecule has 0 aromatic heterocycles. The Kier molecular flexibility index (Phi) is 9.58. The summed E-state index contributed by atoms with van der Waals surface area (Å²) in [6.07, 6.45) is 3.86. The molecular weight excluding hydrogens is 316 g/mol. The van der Waals surface area contributed by atoms with Crippen LogP contribution in [0.1, 0.15) is 40.0 Å². The van der Waals surface area contributed by atoms with E-state index in [1.54, 1.807) is 0 Å². The largest absolute Gasteiger partial charge is 0.377 e. The highest BCUT2D eigenvalue weighted by atomic mass is 16.5. The lowest BCUT2D eigenvalue weighted by Gasteiger charge is -2.24. The van der Waals surface area contributed by atoms with Crippen molar-refractivity contribution in [3.05, 3.63) is 0 Å². The first-order valence-electron chi connectivity index (χ1n) is 10.2. The number of aliphatic imine (C=N–C) groups is 1. The molecule has 0 amide bonds. The minimum absolute atomic E-state index is 0.302. The first kappa shape index (κ1) is 20.5. The van der Waals surface area contributed by atoms with Gasteiger partial charge in [-0.25, -0.2) is 0 Å². The molecule has 1 N–H and O–H groups in total. The maximum Gasteiger partial charge on any atom is 0.194 e. The first-order valence-corrected chi connectivity index (χ1v) is 10.2. The molecule has 25 heavy (non-hydrogen) atoms. The highest BCUT2D eigenvalue weighted by molar-refractivity contribution is 5.80. The van der Waals surface area contributed by atoms with Crippen molar-refractivity contribution in [1.29, 1.82) is 0 Å². The van der Waals surface area contributed by atoms with E-state index in [0.29, 0.717) is 25.9 Å². The third kappa shape index (κ3) is 7.12. The van der Waals surface area contributed by atoms with E-state index in [0.717, 1.165) is 57.6 Å². The van der Waals surface area contributed by atoms with E-state index >= 15 is 0 Å². The van der Waals surface area contributed by atoms with E-state index in [1.807, 2.05) is 0 Å². The van der Waals surface area contributed by atoms with Crippen molar-refractivity contribution < 1.29 is 9.47 Å². The second kappa shape index (κ2) is 11.7. The van der Waals surface area contributed by atoms with Crippen LogP contribution < -0.4 is 5.32 Å². The van der Waals surface area contributed by atoms with Gasteiger partial charge in [-0.15, -0.1) is 0 Å². The Bertz CT molecular complexity index is 382. The zero-order valence-electron chi connectivity index (χ0n) is 16.5. The van der Waals surface area contributed by atoms with Gasteiger partial charge in [0.1, 0.15) is 0 Å². The van der Waals surface area contributed by atoms with Crippen LogP contribution in [0.5, 0.6) is 0 Å². The number of likely N-dealkylation sites (tertiary alicyclic amines) is 1. The Labute approximate surface area is 153 Å². The Morgan fingerprint density at radius 3 is 2.80 bits per heavy atom. The molecule has 2 aliphatic rings. The predicted octanol–water partition coefficient (Wildman–Crippen LogP) is 1.81. The minimum atomic E-state index is 0.302. The van der Waals surface area contributed by atoms with Crippen LogP contribution in [0.2, 0.25) is 0 Å². The minimum Gasteiger partial charge on any atom is -0.377 e. The summed E-state index contributed by atoms with van der Waals surface area (Å²) < 4.78 is 11.3. The van der Waals surface area contributed by atoms with Gasteiger partial charge in [-0.1, -0.05) is 13.8 Å². The molecule has 0 bridgehead atoms. The fourth-order valence-corrected chi connectivity index (χ4v) is 3.65. The molecule has 2 saturated heterocycles. The summed E-state index contributed by atoms with van der Waals surface area (Å²) in [7, 11) is 0. The average molecular weight is 355 g/mol. The molecule has 2 fully saturated rings. The van der Waals surface area contributed by atoms with Crippen LogP contribution >= 0.6 is 0 Å². The second-order valence-corrected chi connectivity index (χ2v) is 7.03. The third-order valence-electron chi connectivity index (χ3n) is 5.16. The van der Waals surface area contributed by atoms with Crippen molar-refractivity contribution in [3.63, 3.8) is 0 Å². The second-order valence-electron chi connectivity index (χ2n) is 7.03.